The monoisotopic (exact) mass is 381 g/mol. The molecule has 0 aromatic carbocycles. The lowest BCUT2D eigenvalue weighted by Gasteiger charge is -2.07. The fraction of sp³-hybridized carbons (Fsp3) is 0.353. The number of thiophene rings is 2. The number of methoxy groups -OCH3 is 1. The molecule has 0 radical (unpaired) electrons. The number of amides is 1. The van der Waals surface area contributed by atoms with Gasteiger partial charge in [-0.2, -0.15) is 11.3 Å². The lowest BCUT2D eigenvalue weighted by Crippen LogP contribution is -2.21. The van der Waals surface area contributed by atoms with E-state index in [1.165, 1.54) is 18.4 Å². The molecule has 0 saturated heterocycles. The number of hydrogen-bond acceptors (Lipinski definition) is 7. The summed E-state index contributed by atoms with van der Waals surface area (Å²) in [6.07, 6.45) is 0.800. The predicted octanol–water partition coefficient (Wildman–Crippen LogP) is 3.33. The molecular formula is C17H19NO5S2. The van der Waals surface area contributed by atoms with Crippen LogP contribution in [0.2, 0.25) is 0 Å². The van der Waals surface area contributed by atoms with E-state index in [4.69, 9.17) is 9.47 Å². The number of rotatable bonds is 7. The van der Waals surface area contributed by atoms with E-state index in [1.54, 1.807) is 18.3 Å². The van der Waals surface area contributed by atoms with E-state index in [0.717, 1.165) is 16.0 Å². The van der Waals surface area contributed by atoms with Crippen LogP contribution in [0.15, 0.2) is 16.8 Å². The molecule has 134 valence electrons. The summed E-state index contributed by atoms with van der Waals surface area (Å²) in [6.45, 7) is 3.25. The Morgan fingerprint density at radius 2 is 2.00 bits per heavy atom. The van der Waals surface area contributed by atoms with Crippen LogP contribution >= 0.6 is 22.7 Å². The van der Waals surface area contributed by atoms with Gasteiger partial charge in [-0.15, -0.1) is 11.3 Å². The maximum absolute atomic E-state index is 12.0. The molecule has 2 aromatic rings. The van der Waals surface area contributed by atoms with E-state index in [1.807, 2.05) is 23.8 Å². The number of hydrogen-bond donors (Lipinski definition) is 1. The zero-order chi connectivity index (χ0) is 18.4. The third-order valence-corrected chi connectivity index (χ3v) is 5.44. The van der Waals surface area contributed by atoms with E-state index >= 15 is 0 Å². The summed E-state index contributed by atoms with van der Waals surface area (Å²) in [5.74, 6) is -1.44. The minimum absolute atomic E-state index is 0.217. The van der Waals surface area contributed by atoms with E-state index in [9.17, 15) is 14.4 Å². The van der Waals surface area contributed by atoms with Crippen LogP contribution in [0.4, 0.5) is 5.00 Å². The summed E-state index contributed by atoms with van der Waals surface area (Å²) >= 11 is 2.85. The zero-order valence-corrected chi connectivity index (χ0v) is 15.8. The molecule has 6 nitrogen and oxygen atoms in total. The first-order chi connectivity index (χ1) is 11.9. The summed E-state index contributed by atoms with van der Waals surface area (Å²) in [6, 6.07) is 1.94. The van der Waals surface area contributed by atoms with Gasteiger partial charge in [0.05, 0.1) is 12.7 Å². The lowest BCUT2D eigenvalue weighted by molar-refractivity contribution is -0.147. The summed E-state index contributed by atoms with van der Waals surface area (Å²) in [5.41, 5.74) is 2.17. The Hall–Kier alpha value is -2.19. The van der Waals surface area contributed by atoms with Gasteiger partial charge in [-0.05, 0) is 48.2 Å². The normalized spacial score (nSPS) is 10.4. The van der Waals surface area contributed by atoms with Crippen LogP contribution in [-0.2, 0) is 25.5 Å². The van der Waals surface area contributed by atoms with Crippen molar-refractivity contribution in [3.8, 4) is 0 Å². The molecule has 25 heavy (non-hydrogen) atoms. The van der Waals surface area contributed by atoms with Gasteiger partial charge in [0.2, 0.25) is 0 Å². The average Bonchev–Trinajstić information content (AvgIpc) is 3.19. The van der Waals surface area contributed by atoms with Gasteiger partial charge in [-0.25, -0.2) is 4.79 Å². The largest absolute Gasteiger partial charge is 0.465 e. The van der Waals surface area contributed by atoms with E-state index in [2.05, 4.69) is 5.32 Å². The van der Waals surface area contributed by atoms with Crippen molar-refractivity contribution in [2.24, 2.45) is 0 Å². The minimum atomic E-state index is -0.509. The van der Waals surface area contributed by atoms with Crippen molar-refractivity contribution in [1.82, 2.24) is 0 Å². The van der Waals surface area contributed by atoms with Crippen molar-refractivity contribution in [3.63, 3.8) is 0 Å². The quantitative estimate of drug-likeness (QED) is 0.744. The van der Waals surface area contributed by atoms with Gasteiger partial charge in [0.1, 0.15) is 5.00 Å². The van der Waals surface area contributed by atoms with Gasteiger partial charge in [0.15, 0.2) is 6.61 Å². The van der Waals surface area contributed by atoms with Crippen LogP contribution in [-0.4, -0.2) is 31.6 Å². The molecular weight excluding hydrogens is 362 g/mol. The summed E-state index contributed by atoms with van der Waals surface area (Å²) in [5, 5.41) is 6.93. The van der Waals surface area contributed by atoms with Crippen molar-refractivity contribution in [3.05, 3.63) is 38.4 Å². The maximum atomic E-state index is 12.0. The highest BCUT2D eigenvalue weighted by Gasteiger charge is 2.21. The first kappa shape index (κ1) is 19.1. The number of carbonyl (C=O) groups excluding carboxylic acids is 3. The first-order valence-corrected chi connectivity index (χ1v) is 9.33. The smallest absolute Gasteiger partial charge is 0.341 e. The fourth-order valence-electron chi connectivity index (χ4n) is 2.13. The van der Waals surface area contributed by atoms with Crippen LogP contribution in [0.5, 0.6) is 0 Å². The fourth-order valence-corrected chi connectivity index (χ4v) is 3.89. The average molecular weight is 381 g/mol. The molecule has 0 saturated carbocycles. The molecule has 0 aliphatic carbocycles. The van der Waals surface area contributed by atoms with Crippen molar-refractivity contribution in [2.45, 2.75) is 26.7 Å². The molecule has 2 heterocycles. The minimum Gasteiger partial charge on any atom is -0.465 e. The number of aryl methyl sites for hydroxylation is 2. The van der Waals surface area contributed by atoms with E-state index in [0.29, 0.717) is 17.0 Å². The Morgan fingerprint density at radius 1 is 1.24 bits per heavy atom. The molecule has 0 fully saturated rings. The summed E-state index contributed by atoms with van der Waals surface area (Å²) < 4.78 is 9.73. The zero-order valence-electron chi connectivity index (χ0n) is 14.2. The van der Waals surface area contributed by atoms with Gasteiger partial charge in [-0.1, -0.05) is 0 Å². The number of ether oxygens (including phenoxy) is 2. The molecule has 0 unspecified atom stereocenters. The highest BCUT2D eigenvalue weighted by atomic mass is 32.1. The van der Waals surface area contributed by atoms with Gasteiger partial charge in [0.25, 0.3) is 5.91 Å². The Labute approximate surface area is 153 Å². The summed E-state index contributed by atoms with van der Waals surface area (Å²) in [7, 11) is 1.29. The Balaban J connectivity index is 1.87. The van der Waals surface area contributed by atoms with Crippen molar-refractivity contribution in [2.75, 3.05) is 19.0 Å². The number of esters is 2. The highest BCUT2D eigenvalue weighted by Crippen LogP contribution is 2.32. The van der Waals surface area contributed by atoms with E-state index in [-0.39, 0.29) is 13.0 Å². The molecule has 0 atom stereocenters. The lowest BCUT2D eigenvalue weighted by atomic mass is 10.1. The number of carbonyl (C=O) groups is 3. The van der Waals surface area contributed by atoms with Gasteiger partial charge < -0.3 is 14.8 Å². The molecule has 0 aliphatic rings. The number of nitrogens with one attached hydrogen (secondary N) is 1. The van der Waals surface area contributed by atoms with Crippen molar-refractivity contribution in [1.29, 1.82) is 0 Å². The summed E-state index contributed by atoms with van der Waals surface area (Å²) in [4.78, 5) is 36.5. The molecule has 1 amide bonds. The van der Waals surface area contributed by atoms with E-state index < -0.39 is 17.8 Å². The second-order valence-corrected chi connectivity index (χ2v) is 7.32. The second-order valence-electron chi connectivity index (χ2n) is 5.32. The molecule has 0 spiro atoms. The van der Waals surface area contributed by atoms with Crippen LogP contribution in [0.3, 0.4) is 0 Å². The number of anilines is 1. The molecule has 8 heteroatoms. The van der Waals surface area contributed by atoms with Gasteiger partial charge >= 0.3 is 11.9 Å². The Morgan fingerprint density at radius 3 is 2.64 bits per heavy atom. The van der Waals surface area contributed by atoms with Crippen LogP contribution in [0.25, 0.3) is 0 Å². The highest BCUT2D eigenvalue weighted by molar-refractivity contribution is 7.16. The van der Waals surface area contributed by atoms with Gasteiger partial charge in [-0.3, -0.25) is 9.59 Å². The second kappa shape index (κ2) is 8.77. The predicted molar refractivity (Wildman–Crippen MR) is 97.4 cm³/mol. The van der Waals surface area contributed by atoms with Crippen molar-refractivity contribution >= 4 is 45.5 Å². The first-order valence-electron chi connectivity index (χ1n) is 7.57. The Kier molecular flexibility index (Phi) is 6.72. The molecule has 0 aliphatic heterocycles. The molecule has 0 bridgehead atoms. The SMILES string of the molecule is COC(=O)c1c(NC(=O)COC(=O)CCc2ccsc2)sc(C)c1C. The third-order valence-electron chi connectivity index (χ3n) is 3.59. The van der Waals surface area contributed by atoms with Crippen LogP contribution in [0, 0.1) is 13.8 Å². The Bertz CT molecular complexity index is 764. The maximum Gasteiger partial charge on any atom is 0.341 e. The molecule has 1 N–H and O–H groups in total. The van der Waals surface area contributed by atoms with Crippen molar-refractivity contribution < 1.29 is 23.9 Å². The third kappa shape index (κ3) is 5.14. The molecule has 2 rings (SSSR count). The topological polar surface area (TPSA) is 81.7 Å². The molecule has 2 aromatic heterocycles. The van der Waals surface area contributed by atoms with Crippen LogP contribution < -0.4 is 5.32 Å². The standard InChI is InChI=1S/C17H19NO5S2/c1-10-11(2)25-16(15(10)17(21)22-3)18-13(19)8-23-14(20)5-4-12-6-7-24-9-12/h6-7,9H,4-5,8H2,1-3H3,(H,18,19). The van der Waals surface area contributed by atoms with Gasteiger partial charge in [0, 0.05) is 11.3 Å². The van der Waals surface area contributed by atoms with Crippen LogP contribution in [0.1, 0.15) is 32.8 Å².